The van der Waals surface area contributed by atoms with E-state index in [-0.39, 0.29) is 12.2 Å². The zero-order valence-electron chi connectivity index (χ0n) is 8.32. The second-order valence-corrected chi connectivity index (χ2v) is 4.81. The quantitative estimate of drug-likeness (QED) is 0.835. The molecule has 0 amide bonds. The molecule has 0 atom stereocenters. The van der Waals surface area contributed by atoms with Crippen LogP contribution in [0, 0.1) is 0 Å². The molecule has 1 heterocycles. The van der Waals surface area contributed by atoms with Gasteiger partial charge in [-0.15, -0.1) is 11.3 Å². The highest BCUT2D eigenvalue weighted by molar-refractivity contribution is 7.11. The van der Waals surface area contributed by atoms with Crippen LogP contribution >= 0.6 is 11.3 Å². The van der Waals surface area contributed by atoms with Crippen molar-refractivity contribution < 1.29 is 9.84 Å². The van der Waals surface area contributed by atoms with Crippen molar-refractivity contribution in [3.05, 3.63) is 16.1 Å². The van der Waals surface area contributed by atoms with Gasteiger partial charge in [-0.3, -0.25) is 0 Å². The molecule has 1 N–H and O–H groups in total. The summed E-state index contributed by atoms with van der Waals surface area (Å²) in [5, 5.41) is 10.0. The van der Waals surface area contributed by atoms with Gasteiger partial charge in [-0.2, -0.15) is 0 Å². The molecule has 14 heavy (non-hydrogen) atoms. The summed E-state index contributed by atoms with van der Waals surface area (Å²) in [5.41, 5.74) is -0.155. The number of aromatic nitrogens is 1. The minimum atomic E-state index is -0.155. The van der Waals surface area contributed by atoms with Gasteiger partial charge in [0.1, 0.15) is 10.6 Å². The third kappa shape index (κ3) is 1.58. The Morgan fingerprint density at radius 3 is 2.79 bits per heavy atom. The smallest absolute Gasteiger partial charge is 0.125 e. The van der Waals surface area contributed by atoms with Crippen molar-refractivity contribution in [2.45, 2.75) is 37.9 Å². The maximum atomic E-state index is 8.98. The second-order valence-electron chi connectivity index (χ2n) is 3.70. The van der Waals surface area contributed by atoms with Crippen LogP contribution < -0.4 is 0 Å². The van der Waals surface area contributed by atoms with Crippen molar-refractivity contribution in [1.82, 2.24) is 4.98 Å². The zero-order chi connectivity index (χ0) is 10.0. The molecule has 0 unspecified atom stereocenters. The number of hydrogen-bond acceptors (Lipinski definition) is 4. The topological polar surface area (TPSA) is 42.4 Å². The summed E-state index contributed by atoms with van der Waals surface area (Å²) in [6.45, 7) is 0.0808. The first-order valence-electron chi connectivity index (χ1n) is 4.92. The second kappa shape index (κ2) is 3.96. The Labute approximate surface area is 87.7 Å². The lowest BCUT2D eigenvalue weighted by Crippen LogP contribution is -2.23. The molecule has 0 saturated heterocycles. The van der Waals surface area contributed by atoms with Crippen LogP contribution in [0.4, 0.5) is 0 Å². The highest BCUT2D eigenvalue weighted by atomic mass is 32.1. The van der Waals surface area contributed by atoms with Crippen molar-refractivity contribution in [2.24, 2.45) is 0 Å². The van der Waals surface area contributed by atoms with Crippen LogP contribution in [-0.2, 0) is 16.9 Å². The molecule has 0 aromatic carbocycles. The molecule has 1 saturated carbocycles. The van der Waals surface area contributed by atoms with E-state index in [1.54, 1.807) is 24.6 Å². The van der Waals surface area contributed by atoms with Gasteiger partial charge in [0.25, 0.3) is 0 Å². The predicted molar refractivity (Wildman–Crippen MR) is 55.2 cm³/mol. The molecule has 1 aromatic heterocycles. The normalized spacial score (nSPS) is 20.1. The first-order chi connectivity index (χ1) is 6.80. The van der Waals surface area contributed by atoms with Crippen LogP contribution in [0.15, 0.2) is 6.20 Å². The largest absolute Gasteiger partial charge is 0.391 e. The van der Waals surface area contributed by atoms with E-state index in [9.17, 15) is 0 Å². The monoisotopic (exact) mass is 213 g/mol. The number of aliphatic hydroxyl groups is 1. The number of ether oxygens (including phenoxy) is 1. The lowest BCUT2D eigenvalue weighted by atomic mass is 10.0. The molecule has 0 aliphatic heterocycles. The minimum absolute atomic E-state index is 0.0808. The van der Waals surface area contributed by atoms with Crippen LogP contribution in [0.2, 0.25) is 0 Å². The lowest BCUT2D eigenvalue weighted by Gasteiger charge is -2.24. The molecule has 0 bridgehead atoms. The van der Waals surface area contributed by atoms with Gasteiger partial charge in [0.15, 0.2) is 0 Å². The molecule has 2 rings (SSSR count). The number of rotatable bonds is 3. The third-order valence-corrected chi connectivity index (χ3v) is 4.07. The Balaban J connectivity index is 2.26. The summed E-state index contributed by atoms with van der Waals surface area (Å²) < 4.78 is 5.61. The van der Waals surface area contributed by atoms with E-state index < -0.39 is 0 Å². The van der Waals surface area contributed by atoms with Gasteiger partial charge in [0, 0.05) is 13.3 Å². The van der Waals surface area contributed by atoms with E-state index >= 15 is 0 Å². The van der Waals surface area contributed by atoms with Gasteiger partial charge >= 0.3 is 0 Å². The summed E-state index contributed by atoms with van der Waals surface area (Å²) in [5.74, 6) is 0. The van der Waals surface area contributed by atoms with E-state index in [4.69, 9.17) is 9.84 Å². The van der Waals surface area contributed by atoms with E-state index in [1.165, 1.54) is 12.8 Å². The molecule has 0 spiro atoms. The van der Waals surface area contributed by atoms with Gasteiger partial charge < -0.3 is 9.84 Å². The molecule has 4 heteroatoms. The van der Waals surface area contributed by atoms with E-state index in [0.717, 1.165) is 22.7 Å². The molecular weight excluding hydrogens is 198 g/mol. The van der Waals surface area contributed by atoms with Crippen LogP contribution in [0.25, 0.3) is 0 Å². The van der Waals surface area contributed by atoms with E-state index in [1.807, 2.05) is 0 Å². The Morgan fingerprint density at radius 2 is 2.29 bits per heavy atom. The van der Waals surface area contributed by atoms with Crippen LogP contribution in [-0.4, -0.2) is 17.2 Å². The first-order valence-corrected chi connectivity index (χ1v) is 5.73. The Bertz CT molecular complexity index is 305. The van der Waals surface area contributed by atoms with Gasteiger partial charge in [-0.1, -0.05) is 12.8 Å². The van der Waals surface area contributed by atoms with Crippen molar-refractivity contribution >= 4 is 11.3 Å². The summed E-state index contributed by atoms with van der Waals surface area (Å²) in [4.78, 5) is 5.27. The van der Waals surface area contributed by atoms with Gasteiger partial charge in [0.2, 0.25) is 0 Å². The fourth-order valence-electron chi connectivity index (χ4n) is 2.04. The fourth-order valence-corrected chi connectivity index (χ4v) is 3.04. The van der Waals surface area contributed by atoms with E-state index in [2.05, 4.69) is 4.98 Å². The summed E-state index contributed by atoms with van der Waals surface area (Å²) in [6.07, 6.45) is 6.28. The molecule has 1 aliphatic carbocycles. The first kappa shape index (κ1) is 10.1. The van der Waals surface area contributed by atoms with Gasteiger partial charge in [-0.05, 0) is 12.8 Å². The SMILES string of the molecule is COC1(c2ncc(CO)s2)CCCC1. The van der Waals surface area contributed by atoms with E-state index in [0.29, 0.717) is 0 Å². The Morgan fingerprint density at radius 1 is 1.57 bits per heavy atom. The minimum Gasteiger partial charge on any atom is -0.391 e. The molecule has 1 aliphatic rings. The van der Waals surface area contributed by atoms with Crippen LogP contribution in [0.1, 0.15) is 35.6 Å². The predicted octanol–water partition coefficient (Wildman–Crippen LogP) is 2.05. The van der Waals surface area contributed by atoms with Crippen molar-refractivity contribution in [3.8, 4) is 0 Å². The molecule has 0 radical (unpaired) electrons. The fraction of sp³-hybridized carbons (Fsp3) is 0.700. The molecule has 3 nitrogen and oxygen atoms in total. The Kier molecular flexibility index (Phi) is 2.85. The number of nitrogens with zero attached hydrogens (tertiary/aromatic N) is 1. The maximum Gasteiger partial charge on any atom is 0.125 e. The van der Waals surface area contributed by atoms with Crippen LogP contribution in [0.5, 0.6) is 0 Å². The standard InChI is InChI=1S/C10H15NO2S/c1-13-10(4-2-3-5-10)9-11-6-8(7-12)14-9/h6,12H,2-5,7H2,1H3. The lowest BCUT2D eigenvalue weighted by molar-refractivity contribution is -0.00885. The summed E-state index contributed by atoms with van der Waals surface area (Å²) in [7, 11) is 1.76. The van der Waals surface area contributed by atoms with Crippen molar-refractivity contribution in [3.63, 3.8) is 0 Å². The van der Waals surface area contributed by atoms with Crippen molar-refractivity contribution in [1.29, 1.82) is 0 Å². The van der Waals surface area contributed by atoms with Crippen molar-refractivity contribution in [2.75, 3.05) is 7.11 Å². The summed E-state index contributed by atoms with van der Waals surface area (Å²) >= 11 is 1.57. The maximum absolute atomic E-state index is 8.98. The zero-order valence-corrected chi connectivity index (χ0v) is 9.14. The molecule has 1 fully saturated rings. The molecule has 78 valence electrons. The average molecular weight is 213 g/mol. The highest BCUT2D eigenvalue weighted by Crippen LogP contribution is 2.42. The molecule has 1 aromatic rings. The third-order valence-electron chi connectivity index (χ3n) is 2.90. The molecular formula is C10H15NO2S. The highest BCUT2D eigenvalue weighted by Gasteiger charge is 2.38. The number of hydrogen-bond donors (Lipinski definition) is 1. The van der Waals surface area contributed by atoms with Gasteiger partial charge in [-0.25, -0.2) is 4.98 Å². The Hall–Kier alpha value is -0.450. The summed E-state index contributed by atoms with van der Waals surface area (Å²) in [6, 6.07) is 0. The number of methoxy groups -OCH3 is 1. The number of aliphatic hydroxyl groups excluding tert-OH is 1. The van der Waals surface area contributed by atoms with Crippen LogP contribution in [0.3, 0.4) is 0 Å². The average Bonchev–Trinajstić information content (AvgIpc) is 2.87. The number of thiazole rings is 1. The van der Waals surface area contributed by atoms with Gasteiger partial charge in [0.05, 0.1) is 11.5 Å².